The minimum Gasteiger partial charge on any atom is -0.457 e. The van der Waals surface area contributed by atoms with Crippen LogP contribution in [0.15, 0.2) is 18.2 Å². The van der Waals surface area contributed by atoms with E-state index in [1.54, 1.807) is 4.68 Å². The lowest BCUT2D eigenvalue weighted by Crippen LogP contribution is -2.16. The van der Waals surface area contributed by atoms with Gasteiger partial charge in [0.1, 0.15) is 0 Å². The molecule has 1 aromatic heterocycles. The standard InChI is InChI=1S/C19H22N2O3/c1-12-17(13(2)21(3)20-12)10-19(23)24-11-18(22)16-8-7-14-5-4-6-15(14)9-16/h7-9H,4-6,10-11H2,1-3H3. The van der Waals surface area contributed by atoms with Crippen molar-refractivity contribution in [2.75, 3.05) is 6.61 Å². The molecule has 1 aliphatic carbocycles. The Morgan fingerprint density at radius 1 is 1.21 bits per heavy atom. The van der Waals surface area contributed by atoms with Gasteiger partial charge in [0.05, 0.1) is 12.1 Å². The summed E-state index contributed by atoms with van der Waals surface area (Å²) in [6, 6.07) is 5.78. The molecule has 2 aromatic rings. The minimum absolute atomic E-state index is 0.142. The van der Waals surface area contributed by atoms with E-state index in [0.29, 0.717) is 5.56 Å². The number of carbonyl (C=O) groups excluding carboxylic acids is 2. The number of hydrogen-bond acceptors (Lipinski definition) is 4. The van der Waals surface area contributed by atoms with Crippen LogP contribution in [0.4, 0.5) is 0 Å². The van der Waals surface area contributed by atoms with E-state index in [1.807, 2.05) is 39.1 Å². The summed E-state index contributed by atoms with van der Waals surface area (Å²) < 4.78 is 6.92. The predicted octanol–water partition coefficient (Wildman–Crippen LogP) is 2.49. The lowest BCUT2D eigenvalue weighted by molar-refractivity contribution is -0.141. The maximum absolute atomic E-state index is 12.2. The number of esters is 1. The molecule has 0 fully saturated rings. The number of hydrogen-bond donors (Lipinski definition) is 0. The molecule has 0 saturated carbocycles. The van der Waals surface area contributed by atoms with Crippen LogP contribution < -0.4 is 0 Å². The normalized spacial score (nSPS) is 13.0. The molecule has 5 nitrogen and oxygen atoms in total. The second-order valence-electron chi connectivity index (χ2n) is 6.37. The van der Waals surface area contributed by atoms with Gasteiger partial charge in [-0.15, -0.1) is 0 Å². The maximum atomic E-state index is 12.2. The van der Waals surface area contributed by atoms with Gasteiger partial charge in [-0.05, 0) is 50.3 Å². The number of nitrogens with zero attached hydrogens (tertiary/aromatic N) is 2. The van der Waals surface area contributed by atoms with Crippen LogP contribution in [0.1, 0.15) is 44.9 Å². The van der Waals surface area contributed by atoms with Crippen molar-refractivity contribution in [3.05, 3.63) is 51.8 Å². The fourth-order valence-corrected chi connectivity index (χ4v) is 3.24. The third kappa shape index (κ3) is 3.25. The molecule has 0 atom stereocenters. The molecule has 0 amide bonds. The summed E-state index contributed by atoms with van der Waals surface area (Å²) in [4.78, 5) is 24.3. The molecule has 1 aromatic carbocycles. The number of fused-ring (bicyclic) bond motifs is 1. The molecule has 0 N–H and O–H groups in total. The number of ketones is 1. The zero-order chi connectivity index (χ0) is 17.3. The average molecular weight is 326 g/mol. The number of rotatable bonds is 5. The maximum Gasteiger partial charge on any atom is 0.310 e. The van der Waals surface area contributed by atoms with Crippen LogP contribution in [0.25, 0.3) is 0 Å². The number of ether oxygens (including phenoxy) is 1. The van der Waals surface area contributed by atoms with E-state index in [1.165, 1.54) is 11.1 Å². The van der Waals surface area contributed by atoms with Gasteiger partial charge in [-0.25, -0.2) is 0 Å². The van der Waals surface area contributed by atoms with Crippen LogP contribution in [0.2, 0.25) is 0 Å². The van der Waals surface area contributed by atoms with Crippen LogP contribution in [-0.4, -0.2) is 28.1 Å². The van der Waals surface area contributed by atoms with Gasteiger partial charge in [-0.2, -0.15) is 5.10 Å². The van der Waals surface area contributed by atoms with Gasteiger partial charge >= 0.3 is 5.97 Å². The zero-order valence-corrected chi connectivity index (χ0v) is 14.4. The Balaban J connectivity index is 1.59. The largest absolute Gasteiger partial charge is 0.457 e. The second-order valence-corrected chi connectivity index (χ2v) is 6.37. The molecule has 0 radical (unpaired) electrons. The monoisotopic (exact) mass is 326 g/mol. The second kappa shape index (κ2) is 6.59. The molecule has 0 saturated heterocycles. The van der Waals surface area contributed by atoms with Gasteiger partial charge in [0, 0.05) is 23.9 Å². The van der Waals surface area contributed by atoms with Crippen LogP contribution >= 0.6 is 0 Å². The Hall–Kier alpha value is -2.43. The van der Waals surface area contributed by atoms with E-state index in [4.69, 9.17) is 4.74 Å². The average Bonchev–Trinajstić information content (AvgIpc) is 3.12. The third-order valence-electron chi connectivity index (χ3n) is 4.76. The van der Waals surface area contributed by atoms with Gasteiger partial charge in [-0.1, -0.05) is 12.1 Å². The van der Waals surface area contributed by atoms with Crippen LogP contribution in [-0.2, 0) is 35.8 Å². The van der Waals surface area contributed by atoms with Crippen molar-refractivity contribution in [3.8, 4) is 0 Å². The summed E-state index contributed by atoms with van der Waals surface area (Å²) in [5, 5.41) is 4.28. The van der Waals surface area contributed by atoms with Crippen LogP contribution in [0, 0.1) is 13.8 Å². The molecule has 0 bridgehead atoms. The topological polar surface area (TPSA) is 61.2 Å². The number of benzene rings is 1. The van der Waals surface area contributed by atoms with Crippen molar-refractivity contribution in [2.24, 2.45) is 7.05 Å². The molecule has 1 aliphatic rings. The van der Waals surface area contributed by atoms with Gasteiger partial charge in [-0.3, -0.25) is 14.3 Å². The molecular weight excluding hydrogens is 304 g/mol. The van der Waals surface area contributed by atoms with Crippen LogP contribution in [0.3, 0.4) is 0 Å². The fourth-order valence-electron chi connectivity index (χ4n) is 3.24. The molecule has 24 heavy (non-hydrogen) atoms. The molecule has 126 valence electrons. The van der Waals surface area contributed by atoms with Crippen molar-refractivity contribution in [2.45, 2.75) is 39.5 Å². The highest BCUT2D eigenvalue weighted by atomic mass is 16.5. The summed E-state index contributed by atoms with van der Waals surface area (Å²) in [5.41, 5.74) is 5.82. The van der Waals surface area contributed by atoms with E-state index < -0.39 is 5.97 Å². The first-order valence-electron chi connectivity index (χ1n) is 8.25. The first-order valence-corrected chi connectivity index (χ1v) is 8.25. The molecule has 1 heterocycles. The SMILES string of the molecule is Cc1nn(C)c(C)c1CC(=O)OCC(=O)c1ccc2c(c1)CCC2. The Bertz CT molecular complexity index is 805. The number of Topliss-reactive ketones (excluding diaryl/α,β-unsaturated/α-hetero) is 1. The van der Waals surface area contributed by atoms with E-state index in [9.17, 15) is 9.59 Å². The fraction of sp³-hybridized carbons (Fsp3) is 0.421. The molecule has 0 aliphatic heterocycles. The van der Waals surface area contributed by atoms with E-state index in [-0.39, 0.29) is 18.8 Å². The van der Waals surface area contributed by atoms with Gasteiger partial charge < -0.3 is 4.74 Å². The summed E-state index contributed by atoms with van der Waals surface area (Å²) in [6.07, 6.45) is 3.40. The van der Waals surface area contributed by atoms with Gasteiger partial charge in [0.25, 0.3) is 0 Å². The molecular formula is C19H22N2O3. The van der Waals surface area contributed by atoms with E-state index in [2.05, 4.69) is 5.10 Å². The Labute approximate surface area is 141 Å². The lowest BCUT2D eigenvalue weighted by Gasteiger charge is -2.07. The summed E-state index contributed by atoms with van der Waals surface area (Å²) in [7, 11) is 1.84. The number of carbonyl (C=O) groups is 2. The van der Waals surface area contributed by atoms with E-state index >= 15 is 0 Å². The lowest BCUT2D eigenvalue weighted by atomic mass is 10.0. The third-order valence-corrected chi connectivity index (χ3v) is 4.76. The number of aromatic nitrogens is 2. The minimum atomic E-state index is -0.399. The quantitative estimate of drug-likeness (QED) is 0.626. The van der Waals surface area contributed by atoms with Crippen LogP contribution in [0.5, 0.6) is 0 Å². The summed E-state index contributed by atoms with van der Waals surface area (Å²) >= 11 is 0. The molecule has 0 unspecified atom stereocenters. The van der Waals surface area contributed by atoms with Crippen molar-refractivity contribution in [1.29, 1.82) is 0 Å². The predicted molar refractivity (Wildman–Crippen MR) is 90.1 cm³/mol. The Morgan fingerprint density at radius 2 is 1.96 bits per heavy atom. The summed E-state index contributed by atoms with van der Waals surface area (Å²) in [5.74, 6) is -0.554. The first-order chi connectivity index (χ1) is 11.5. The zero-order valence-electron chi connectivity index (χ0n) is 14.4. The molecule has 0 spiro atoms. The highest BCUT2D eigenvalue weighted by Gasteiger charge is 2.17. The van der Waals surface area contributed by atoms with Gasteiger partial charge in [0.15, 0.2) is 12.4 Å². The van der Waals surface area contributed by atoms with Crippen molar-refractivity contribution in [3.63, 3.8) is 0 Å². The molecule has 5 heteroatoms. The van der Waals surface area contributed by atoms with E-state index in [0.717, 1.165) is 36.2 Å². The highest BCUT2D eigenvalue weighted by Crippen LogP contribution is 2.23. The smallest absolute Gasteiger partial charge is 0.310 e. The van der Waals surface area contributed by atoms with Gasteiger partial charge in [0.2, 0.25) is 0 Å². The Morgan fingerprint density at radius 3 is 2.67 bits per heavy atom. The highest BCUT2D eigenvalue weighted by molar-refractivity contribution is 5.98. The first kappa shape index (κ1) is 16.4. The Kier molecular flexibility index (Phi) is 4.51. The summed E-state index contributed by atoms with van der Waals surface area (Å²) in [6.45, 7) is 3.57. The van der Waals surface area contributed by atoms with Crippen molar-refractivity contribution < 1.29 is 14.3 Å². The molecule has 3 rings (SSSR count). The number of aryl methyl sites for hydroxylation is 4. The van der Waals surface area contributed by atoms with Crippen molar-refractivity contribution in [1.82, 2.24) is 9.78 Å². The van der Waals surface area contributed by atoms with Crippen molar-refractivity contribution >= 4 is 11.8 Å².